The van der Waals surface area contributed by atoms with Crippen molar-refractivity contribution in [1.82, 2.24) is 0 Å². The van der Waals surface area contributed by atoms with E-state index in [0.717, 1.165) is 0 Å². The lowest BCUT2D eigenvalue weighted by Crippen LogP contribution is -2.34. The van der Waals surface area contributed by atoms with E-state index in [1.54, 1.807) is 13.8 Å². The van der Waals surface area contributed by atoms with Crippen LogP contribution in [-0.4, -0.2) is 18.9 Å². The van der Waals surface area contributed by atoms with Gasteiger partial charge in [0.15, 0.2) is 9.84 Å². The van der Waals surface area contributed by atoms with E-state index in [0.29, 0.717) is 0 Å². The van der Waals surface area contributed by atoms with Crippen LogP contribution in [-0.2, 0) is 9.84 Å². The molecule has 2 unspecified atom stereocenters. The lowest BCUT2D eigenvalue weighted by Gasteiger charge is -2.23. The van der Waals surface area contributed by atoms with Crippen LogP contribution in [0.1, 0.15) is 41.5 Å². The minimum Gasteiger partial charge on any atom is -0.228 e. The second kappa shape index (κ2) is 4.45. The van der Waals surface area contributed by atoms with E-state index < -0.39 is 9.84 Å². The summed E-state index contributed by atoms with van der Waals surface area (Å²) in [5, 5.41) is -0.463. The van der Waals surface area contributed by atoms with Crippen LogP contribution in [0.3, 0.4) is 0 Å². The summed E-state index contributed by atoms with van der Waals surface area (Å²) in [5.41, 5.74) is 0. The molecule has 0 saturated heterocycles. The molecule has 0 radical (unpaired) electrons. The molecule has 3 heteroatoms. The Kier molecular flexibility index (Phi) is 4.43. The molecule has 2 atom stereocenters. The van der Waals surface area contributed by atoms with Gasteiger partial charge in [0, 0.05) is 0 Å². The van der Waals surface area contributed by atoms with Gasteiger partial charge in [0.05, 0.1) is 10.5 Å². The van der Waals surface area contributed by atoms with Gasteiger partial charge >= 0.3 is 0 Å². The van der Waals surface area contributed by atoms with Crippen LogP contribution in [0, 0.1) is 11.8 Å². The zero-order valence-electron chi connectivity index (χ0n) is 9.53. The van der Waals surface area contributed by atoms with Crippen molar-refractivity contribution in [3.8, 4) is 0 Å². The molecule has 0 fully saturated rings. The van der Waals surface area contributed by atoms with Gasteiger partial charge < -0.3 is 0 Å². The summed E-state index contributed by atoms with van der Waals surface area (Å²) in [6, 6.07) is 0. The van der Waals surface area contributed by atoms with Gasteiger partial charge in [-0.1, -0.05) is 27.7 Å². The molecule has 0 aromatic heterocycles. The molecule has 0 saturated carbocycles. The van der Waals surface area contributed by atoms with Gasteiger partial charge in [-0.25, -0.2) is 8.42 Å². The molecule has 0 bridgehead atoms. The fourth-order valence-electron chi connectivity index (χ4n) is 1.10. The molecule has 0 amide bonds. The van der Waals surface area contributed by atoms with Gasteiger partial charge in [-0.2, -0.15) is 0 Å². The Morgan fingerprint density at radius 1 is 0.692 bits per heavy atom. The van der Waals surface area contributed by atoms with Gasteiger partial charge in [0.2, 0.25) is 0 Å². The van der Waals surface area contributed by atoms with Gasteiger partial charge in [0.1, 0.15) is 0 Å². The van der Waals surface area contributed by atoms with Gasteiger partial charge in [-0.15, -0.1) is 0 Å². The monoisotopic (exact) mass is 206 g/mol. The fraction of sp³-hybridized carbons (Fsp3) is 1.00. The molecule has 0 heterocycles. The topological polar surface area (TPSA) is 34.1 Å². The number of rotatable bonds is 4. The van der Waals surface area contributed by atoms with Crippen molar-refractivity contribution >= 4 is 9.84 Å². The summed E-state index contributed by atoms with van der Waals surface area (Å²) < 4.78 is 23.8. The second-order valence-electron chi connectivity index (χ2n) is 4.49. The van der Waals surface area contributed by atoms with Crippen LogP contribution >= 0.6 is 0 Å². The molecule has 0 aromatic carbocycles. The standard InChI is InChI=1S/C10H22O2S/c1-7(2)9(5)13(11,12)10(6)8(3)4/h7-10H,1-6H3. The van der Waals surface area contributed by atoms with Crippen LogP contribution in [0.5, 0.6) is 0 Å². The molecular formula is C10H22O2S. The number of hydrogen-bond donors (Lipinski definition) is 0. The molecule has 13 heavy (non-hydrogen) atoms. The zero-order chi connectivity index (χ0) is 10.8. The third-order valence-electron chi connectivity index (χ3n) is 2.91. The van der Waals surface area contributed by atoms with E-state index in [1.165, 1.54) is 0 Å². The first-order valence-electron chi connectivity index (χ1n) is 4.94. The maximum atomic E-state index is 11.9. The van der Waals surface area contributed by atoms with E-state index in [4.69, 9.17) is 0 Å². The molecule has 2 nitrogen and oxygen atoms in total. The Morgan fingerprint density at radius 3 is 1.08 bits per heavy atom. The molecule has 0 N–H and O–H groups in total. The minimum atomic E-state index is -2.94. The summed E-state index contributed by atoms with van der Waals surface area (Å²) in [4.78, 5) is 0. The zero-order valence-corrected chi connectivity index (χ0v) is 10.4. The summed E-state index contributed by atoms with van der Waals surface area (Å²) in [7, 11) is -2.94. The minimum absolute atomic E-state index is 0.200. The van der Waals surface area contributed by atoms with Crippen LogP contribution in [0.4, 0.5) is 0 Å². The Hall–Kier alpha value is -0.0500. The second-order valence-corrected chi connectivity index (χ2v) is 7.15. The third kappa shape index (κ3) is 2.97. The summed E-state index contributed by atoms with van der Waals surface area (Å²) in [6.07, 6.45) is 0. The summed E-state index contributed by atoms with van der Waals surface area (Å²) in [5.74, 6) is 0.400. The molecular weight excluding hydrogens is 184 g/mol. The largest absolute Gasteiger partial charge is 0.228 e. The fourth-order valence-corrected chi connectivity index (χ4v) is 3.29. The van der Waals surface area contributed by atoms with Crippen molar-refractivity contribution in [2.45, 2.75) is 52.0 Å². The van der Waals surface area contributed by atoms with Crippen LogP contribution in [0.15, 0.2) is 0 Å². The van der Waals surface area contributed by atoms with E-state index >= 15 is 0 Å². The van der Waals surface area contributed by atoms with Crippen molar-refractivity contribution in [1.29, 1.82) is 0 Å². The Bertz CT molecular complexity index is 220. The van der Waals surface area contributed by atoms with Crippen molar-refractivity contribution < 1.29 is 8.42 Å². The Morgan fingerprint density at radius 2 is 0.923 bits per heavy atom. The van der Waals surface area contributed by atoms with Crippen LogP contribution < -0.4 is 0 Å². The van der Waals surface area contributed by atoms with E-state index in [-0.39, 0.29) is 22.3 Å². The molecule has 80 valence electrons. The lowest BCUT2D eigenvalue weighted by atomic mass is 10.1. The highest BCUT2D eigenvalue weighted by molar-refractivity contribution is 7.92. The Labute approximate surface area is 82.6 Å². The highest BCUT2D eigenvalue weighted by Gasteiger charge is 2.31. The van der Waals surface area contributed by atoms with Crippen molar-refractivity contribution in [3.63, 3.8) is 0 Å². The Balaban J connectivity index is 4.77. The average Bonchev–Trinajstić information content (AvgIpc) is 2.01. The van der Waals surface area contributed by atoms with Crippen molar-refractivity contribution in [2.75, 3.05) is 0 Å². The number of sulfone groups is 1. The van der Waals surface area contributed by atoms with Gasteiger partial charge in [0.25, 0.3) is 0 Å². The van der Waals surface area contributed by atoms with Crippen molar-refractivity contribution in [2.24, 2.45) is 11.8 Å². The average molecular weight is 206 g/mol. The smallest absolute Gasteiger partial charge is 0.155 e. The number of hydrogen-bond acceptors (Lipinski definition) is 2. The first-order chi connectivity index (χ1) is 5.71. The van der Waals surface area contributed by atoms with E-state index in [2.05, 4.69) is 0 Å². The molecule has 0 aliphatic rings. The van der Waals surface area contributed by atoms with Crippen LogP contribution in [0.2, 0.25) is 0 Å². The predicted molar refractivity (Wildman–Crippen MR) is 57.5 cm³/mol. The molecule has 0 rings (SSSR count). The van der Waals surface area contributed by atoms with Gasteiger partial charge in [-0.3, -0.25) is 0 Å². The van der Waals surface area contributed by atoms with E-state index in [9.17, 15) is 8.42 Å². The predicted octanol–water partition coefficient (Wildman–Crippen LogP) is 2.49. The van der Waals surface area contributed by atoms with Gasteiger partial charge in [-0.05, 0) is 25.7 Å². The van der Waals surface area contributed by atoms with E-state index in [1.807, 2.05) is 27.7 Å². The molecule has 0 spiro atoms. The SMILES string of the molecule is CC(C)C(C)S(=O)(=O)C(C)C(C)C. The molecule has 0 aliphatic heterocycles. The maximum Gasteiger partial charge on any atom is 0.155 e. The summed E-state index contributed by atoms with van der Waals surface area (Å²) >= 11 is 0. The highest BCUT2D eigenvalue weighted by Crippen LogP contribution is 2.21. The highest BCUT2D eigenvalue weighted by atomic mass is 32.2. The maximum absolute atomic E-state index is 11.9. The molecule has 0 aliphatic carbocycles. The quantitative estimate of drug-likeness (QED) is 0.708. The van der Waals surface area contributed by atoms with Crippen LogP contribution in [0.25, 0.3) is 0 Å². The third-order valence-corrected chi connectivity index (χ3v) is 6.08. The summed E-state index contributed by atoms with van der Waals surface area (Å²) in [6.45, 7) is 11.4. The lowest BCUT2D eigenvalue weighted by molar-refractivity contribution is 0.510. The normalized spacial score (nSPS) is 17.8. The van der Waals surface area contributed by atoms with Crippen molar-refractivity contribution in [3.05, 3.63) is 0 Å². The first-order valence-corrected chi connectivity index (χ1v) is 6.54. The molecule has 0 aromatic rings. The first kappa shape index (κ1) is 12.9.